The van der Waals surface area contributed by atoms with E-state index in [2.05, 4.69) is 32.5 Å². The molecule has 0 spiro atoms. The van der Waals surface area contributed by atoms with Crippen LogP contribution >= 0.6 is 15.9 Å². The van der Waals surface area contributed by atoms with E-state index in [1.165, 1.54) is 12.1 Å². The lowest BCUT2D eigenvalue weighted by molar-refractivity contribution is 0.620. The molecule has 0 saturated carbocycles. The molecule has 1 N–H and O–H groups in total. The second-order valence-corrected chi connectivity index (χ2v) is 4.19. The molecule has 0 aliphatic carbocycles. The Kier molecular flexibility index (Phi) is 2.63. The summed E-state index contributed by atoms with van der Waals surface area (Å²) in [6, 6.07) is 1.42. The number of hydrogen-bond acceptors (Lipinski definition) is 2. The molecular formula is C11H8BrFN2O. The highest BCUT2D eigenvalue weighted by molar-refractivity contribution is 9.10. The van der Waals surface area contributed by atoms with Crippen LogP contribution in [0.4, 0.5) is 4.39 Å². The van der Waals surface area contributed by atoms with Crippen LogP contribution < -0.4 is 5.56 Å². The predicted molar refractivity (Wildman–Crippen MR) is 64.8 cm³/mol. The number of hydrogen-bond donors (Lipinski definition) is 1. The number of benzene rings is 1. The summed E-state index contributed by atoms with van der Waals surface area (Å²) in [5, 5.41) is 0.341. The topological polar surface area (TPSA) is 45.8 Å². The van der Waals surface area contributed by atoms with Crippen molar-refractivity contribution < 1.29 is 4.39 Å². The molecule has 0 radical (unpaired) electrons. The largest absolute Gasteiger partial charge is 0.310 e. The maximum atomic E-state index is 13.7. The fraction of sp³-hybridized carbons (Fsp3) is 0.0909. The number of fused-ring (bicyclic) bond motifs is 1. The number of aromatic nitrogens is 2. The number of H-pyrrole nitrogens is 1. The highest BCUT2D eigenvalue weighted by atomic mass is 79.9. The van der Waals surface area contributed by atoms with Crippen LogP contribution in [0.5, 0.6) is 0 Å². The summed E-state index contributed by atoms with van der Waals surface area (Å²) < 4.78 is 14.0. The summed E-state index contributed by atoms with van der Waals surface area (Å²) in [6.07, 6.45) is 1.36. The molecule has 0 aliphatic rings. The van der Waals surface area contributed by atoms with Gasteiger partial charge in [-0.25, -0.2) is 9.37 Å². The van der Waals surface area contributed by atoms with Gasteiger partial charge in [-0.1, -0.05) is 12.7 Å². The van der Waals surface area contributed by atoms with E-state index in [1.54, 1.807) is 6.92 Å². The molecule has 5 heteroatoms. The summed E-state index contributed by atoms with van der Waals surface area (Å²) in [5.41, 5.74) is 0.279. The second-order valence-electron chi connectivity index (χ2n) is 3.34. The van der Waals surface area contributed by atoms with E-state index in [0.717, 1.165) is 0 Å². The highest BCUT2D eigenvalue weighted by Gasteiger charge is 2.13. The van der Waals surface area contributed by atoms with Gasteiger partial charge in [0.25, 0.3) is 5.56 Å². The van der Waals surface area contributed by atoms with Crippen molar-refractivity contribution in [2.24, 2.45) is 0 Å². The summed E-state index contributed by atoms with van der Waals surface area (Å²) in [7, 11) is 0. The van der Waals surface area contributed by atoms with E-state index in [4.69, 9.17) is 0 Å². The van der Waals surface area contributed by atoms with Crippen LogP contribution in [-0.4, -0.2) is 9.97 Å². The van der Waals surface area contributed by atoms with Gasteiger partial charge in [0.15, 0.2) is 0 Å². The van der Waals surface area contributed by atoms with Crippen molar-refractivity contribution in [3.05, 3.63) is 44.7 Å². The van der Waals surface area contributed by atoms with Crippen LogP contribution in [0.25, 0.3) is 17.0 Å². The molecule has 0 atom stereocenters. The summed E-state index contributed by atoms with van der Waals surface area (Å²) >= 11 is 3.06. The van der Waals surface area contributed by atoms with E-state index in [1.807, 2.05) is 0 Å². The molecular weight excluding hydrogens is 275 g/mol. The fourth-order valence-corrected chi connectivity index (χ4v) is 1.99. The molecule has 2 aromatic rings. The minimum atomic E-state index is -0.458. The molecule has 1 aromatic carbocycles. The zero-order valence-corrected chi connectivity index (χ0v) is 10.1. The maximum Gasteiger partial charge on any atom is 0.258 e. The van der Waals surface area contributed by atoms with Crippen molar-refractivity contribution in [2.75, 3.05) is 0 Å². The Morgan fingerprint density at radius 2 is 2.31 bits per heavy atom. The van der Waals surface area contributed by atoms with Gasteiger partial charge in [0, 0.05) is 5.56 Å². The monoisotopic (exact) mass is 282 g/mol. The Morgan fingerprint density at radius 3 is 2.94 bits per heavy atom. The van der Waals surface area contributed by atoms with Crippen molar-refractivity contribution in [2.45, 2.75) is 6.92 Å². The molecule has 1 aromatic heterocycles. The van der Waals surface area contributed by atoms with E-state index >= 15 is 0 Å². The van der Waals surface area contributed by atoms with Gasteiger partial charge >= 0.3 is 0 Å². The number of nitrogens with one attached hydrogen (secondary N) is 1. The fourth-order valence-electron chi connectivity index (χ4n) is 1.54. The van der Waals surface area contributed by atoms with Crippen molar-refractivity contribution in [1.29, 1.82) is 0 Å². The van der Waals surface area contributed by atoms with E-state index in [0.29, 0.717) is 16.7 Å². The number of aryl methyl sites for hydroxylation is 1. The molecule has 0 fully saturated rings. The third-order valence-electron chi connectivity index (χ3n) is 2.25. The Bertz CT molecular complexity index is 648. The molecule has 3 nitrogen and oxygen atoms in total. The van der Waals surface area contributed by atoms with Crippen LogP contribution in [-0.2, 0) is 0 Å². The maximum absolute atomic E-state index is 13.7. The normalized spacial score (nSPS) is 10.7. The van der Waals surface area contributed by atoms with E-state index < -0.39 is 5.82 Å². The van der Waals surface area contributed by atoms with Crippen LogP contribution in [0.1, 0.15) is 11.4 Å². The lowest BCUT2D eigenvalue weighted by Gasteiger charge is -2.05. The van der Waals surface area contributed by atoms with Gasteiger partial charge in [0.2, 0.25) is 0 Å². The van der Waals surface area contributed by atoms with E-state index in [-0.39, 0.29) is 15.6 Å². The Hall–Kier alpha value is -1.49. The van der Waals surface area contributed by atoms with Gasteiger partial charge in [-0.05, 0) is 28.9 Å². The zero-order chi connectivity index (χ0) is 11.9. The highest BCUT2D eigenvalue weighted by Crippen LogP contribution is 2.26. The summed E-state index contributed by atoms with van der Waals surface area (Å²) in [4.78, 5) is 18.3. The van der Waals surface area contributed by atoms with Crippen LogP contribution in [0, 0.1) is 12.7 Å². The lowest BCUT2D eigenvalue weighted by atomic mass is 10.1. The van der Waals surface area contributed by atoms with Gasteiger partial charge in [0.1, 0.15) is 11.6 Å². The Balaban J connectivity index is 3.08. The number of nitrogens with zero attached hydrogens (tertiary/aromatic N) is 1. The number of aromatic amines is 1. The molecule has 0 unspecified atom stereocenters. The average molecular weight is 283 g/mol. The minimum Gasteiger partial charge on any atom is -0.310 e. The smallest absolute Gasteiger partial charge is 0.258 e. The quantitative estimate of drug-likeness (QED) is 0.874. The Labute approximate surface area is 99.2 Å². The van der Waals surface area contributed by atoms with Crippen molar-refractivity contribution >= 4 is 32.9 Å². The Morgan fingerprint density at radius 1 is 1.62 bits per heavy atom. The van der Waals surface area contributed by atoms with Crippen LogP contribution in [0.2, 0.25) is 0 Å². The molecule has 2 rings (SSSR count). The molecule has 82 valence electrons. The van der Waals surface area contributed by atoms with Crippen molar-refractivity contribution in [1.82, 2.24) is 9.97 Å². The molecule has 0 amide bonds. The van der Waals surface area contributed by atoms with Crippen molar-refractivity contribution in [3.63, 3.8) is 0 Å². The predicted octanol–water partition coefficient (Wildman–Crippen LogP) is 2.78. The third-order valence-corrected chi connectivity index (χ3v) is 2.83. The SMILES string of the molecule is C=Cc1c(F)c(Br)cc2c(=O)[nH]c(C)nc12. The molecule has 0 aliphatic heterocycles. The summed E-state index contributed by atoms with van der Waals surface area (Å²) in [6.45, 7) is 5.18. The van der Waals surface area contributed by atoms with Gasteiger partial charge in [-0.3, -0.25) is 4.79 Å². The third kappa shape index (κ3) is 1.57. The number of rotatable bonds is 1. The standard InChI is InChI=1S/C11H8BrFN2O/c1-3-6-9(13)8(12)4-7-10(6)14-5(2)15-11(7)16/h3-4H,1H2,2H3,(H,14,15,16). The zero-order valence-electron chi connectivity index (χ0n) is 8.47. The van der Waals surface area contributed by atoms with Gasteiger partial charge in [-0.15, -0.1) is 0 Å². The van der Waals surface area contributed by atoms with Gasteiger partial charge < -0.3 is 4.98 Å². The van der Waals surface area contributed by atoms with E-state index in [9.17, 15) is 9.18 Å². The van der Waals surface area contributed by atoms with Crippen LogP contribution in [0.3, 0.4) is 0 Å². The molecule has 0 bridgehead atoms. The average Bonchev–Trinajstić information content (AvgIpc) is 2.22. The minimum absolute atomic E-state index is 0.228. The molecule has 1 heterocycles. The molecule has 16 heavy (non-hydrogen) atoms. The first kappa shape index (κ1) is 11.0. The first-order valence-electron chi connectivity index (χ1n) is 4.55. The molecule has 0 saturated heterocycles. The first-order chi connectivity index (χ1) is 7.54. The van der Waals surface area contributed by atoms with Crippen molar-refractivity contribution in [3.8, 4) is 0 Å². The first-order valence-corrected chi connectivity index (χ1v) is 5.35. The van der Waals surface area contributed by atoms with Gasteiger partial charge in [-0.2, -0.15) is 0 Å². The number of halogens is 2. The second kappa shape index (κ2) is 3.83. The van der Waals surface area contributed by atoms with Gasteiger partial charge in [0.05, 0.1) is 15.4 Å². The lowest BCUT2D eigenvalue weighted by Crippen LogP contribution is -2.11. The van der Waals surface area contributed by atoms with Crippen LogP contribution in [0.15, 0.2) is 21.9 Å². The summed E-state index contributed by atoms with van der Waals surface area (Å²) in [5.74, 6) is -0.0117.